The molecule has 136 valence electrons. The highest BCUT2D eigenvalue weighted by molar-refractivity contribution is 9.10. The van der Waals surface area contributed by atoms with Crippen molar-refractivity contribution in [2.24, 2.45) is 0 Å². The van der Waals surface area contributed by atoms with E-state index in [9.17, 15) is 9.59 Å². The van der Waals surface area contributed by atoms with Gasteiger partial charge in [-0.2, -0.15) is 0 Å². The standard InChI is InChI=1S/C20H13BrFNO3S/c1-26-15-9-12(21)7-8-13(15)14-10-27-18-16(14)17(24)20(22,19(25)23-18)11-5-3-2-4-6-11/h2-10H,1H3,(H,23,25). The Bertz CT molecular complexity index is 1070. The third-order valence-corrected chi connectivity index (χ3v) is 5.88. The van der Waals surface area contributed by atoms with Crippen LogP contribution < -0.4 is 10.1 Å². The Morgan fingerprint density at radius 3 is 2.56 bits per heavy atom. The molecule has 4 nitrogen and oxygen atoms in total. The molecule has 1 N–H and O–H groups in total. The minimum Gasteiger partial charge on any atom is -0.496 e. The molecular weight excluding hydrogens is 433 g/mol. The Morgan fingerprint density at radius 2 is 1.85 bits per heavy atom. The molecule has 7 heteroatoms. The Morgan fingerprint density at radius 1 is 1.11 bits per heavy atom. The fourth-order valence-corrected chi connectivity index (χ4v) is 4.45. The number of thiophene rings is 1. The van der Waals surface area contributed by atoms with Crippen LogP contribution in [0.25, 0.3) is 11.1 Å². The fourth-order valence-electron chi connectivity index (χ4n) is 3.16. The van der Waals surface area contributed by atoms with Gasteiger partial charge in [-0.3, -0.25) is 9.59 Å². The van der Waals surface area contributed by atoms with E-state index in [4.69, 9.17) is 4.74 Å². The number of carbonyl (C=O) groups is 2. The van der Waals surface area contributed by atoms with Gasteiger partial charge in [-0.25, -0.2) is 4.39 Å². The quantitative estimate of drug-likeness (QED) is 0.564. The van der Waals surface area contributed by atoms with Crippen LogP contribution in [0.2, 0.25) is 0 Å². The first-order valence-corrected chi connectivity index (χ1v) is 9.70. The summed E-state index contributed by atoms with van der Waals surface area (Å²) >= 11 is 4.57. The molecule has 0 saturated carbocycles. The van der Waals surface area contributed by atoms with E-state index in [0.717, 1.165) is 4.47 Å². The topological polar surface area (TPSA) is 55.4 Å². The van der Waals surface area contributed by atoms with Gasteiger partial charge in [-0.15, -0.1) is 11.3 Å². The largest absolute Gasteiger partial charge is 0.496 e. The number of methoxy groups -OCH3 is 1. The number of ketones is 1. The average Bonchev–Trinajstić information content (AvgIpc) is 3.10. The molecule has 1 aromatic heterocycles. The Hall–Kier alpha value is -2.51. The molecule has 27 heavy (non-hydrogen) atoms. The summed E-state index contributed by atoms with van der Waals surface area (Å²) in [7, 11) is 1.52. The molecule has 2 heterocycles. The van der Waals surface area contributed by atoms with Crippen molar-refractivity contribution >= 4 is 44.0 Å². The zero-order valence-electron chi connectivity index (χ0n) is 14.1. The van der Waals surface area contributed by atoms with Gasteiger partial charge in [0.25, 0.3) is 11.6 Å². The highest BCUT2D eigenvalue weighted by atomic mass is 79.9. The fraction of sp³-hybridized carbons (Fsp3) is 0.100. The van der Waals surface area contributed by atoms with E-state index in [0.29, 0.717) is 21.9 Å². The Balaban J connectivity index is 1.91. The van der Waals surface area contributed by atoms with Crippen LogP contribution in [0.15, 0.2) is 58.4 Å². The molecule has 1 aliphatic heterocycles. The predicted octanol–water partition coefficient (Wildman–Crippen LogP) is 5.19. The van der Waals surface area contributed by atoms with Gasteiger partial charge in [0.2, 0.25) is 5.78 Å². The lowest BCUT2D eigenvalue weighted by molar-refractivity contribution is -0.125. The molecule has 0 fully saturated rings. The summed E-state index contributed by atoms with van der Waals surface area (Å²) in [4.78, 5) is 25.7. The third kappa shape index (κ3) is 2.69. The second-order valence-electron chi connectivity index (χ2n) is 6.01. The number of amides is 1. The zero-order valence-corrected chi connectivity index (χ0v) is 16.5. The lowest BCUT2D eigenvalue weighted by atomic mass is 9.83. The molecule has 1 unspecified atom stereocenters. The van der Waals surface area contributed by atoms with Crippen molar-refractivity contribution in [2.75, 3.05) is 12.4 Å². The molecule has 2 aromatic carbocycles. The number of anilines is 1. The van der Waals surface area contributed by atoms with Crippen LogP contribution in [0.4, 0.5) is 9.39 Å². The van der Waals surface area contributed by atoms with E-state index < -0.39 is 17.4 Å². The minimum absolute atomic E-state index is 0.0121. The normalized spacial score (nSPS) is 18.8. The number of halogens is 2. The highest BCUT2D eigenvalue weighted by Crippen LogP contribution is 2.47. The van der Waals surface area contributed by atoms with Gasteiger partial charge in [0.15, 0.2) is 0 Å². The van der Waals surface area contributed by atoms with E-state index in [1.54, 1.807) is 35.7 Å². The smallest absolute Gasteiger partial charge is 0.275 e. The summed E-state index contributed by atoms with van der Waals surface area (Å²) in [5.41, 5.74) is -1.42. The number of fused-ring (bicyclic) bond motifs is 1. The number of hydrogen-bond acceptors (Lipinski definition) is 4. The van der Waals surface area contributed by atoms with E-state index in [-0.39, 0.29) is 11.1 Å². The van der Waals surface area contributed by atoms with E-state index in [2.05, 4.69) is 21.2 Å². The highest BCUT2D eigenvalue weighted by Gasteiger charge is 2.53. The number of Topliss-reactive ketones (excluding diaryl/α,β-unsaturated/α-hetero) is 1. The van der Waals surface area contributed by atoms with Crippen LogP contribution in [-0.2, 0) is 10.5 Å². The van der Waals surface area contributed by atoms with Crippen LogP contribution in [0, 0.1) is 0 Å². The second kappa shape index (κ2) is 6.58. The number of rotatable bonds is 3. The molecule has 0 spiro atoms. The molecule has 0 aliphatic carbocycles. The molecule has 0 bridgehead atoms. The lowest BCUT2D eigenvalue weighted by Gasteiger charge is -2.28. The second-order valence-corrected chi connectivity index (χ2v) is 7.80. The van der Waals surface area contributed by atoms with Crippen LogP contribution in [0.5, 0.6) is 5.75 Å². The molecule has 4 rings (SSSR count). The van der Waals surface area contributed by atoms with Gasteiger partial charge < -0.3 is 10.1 Å². The number of nitrogens with one attached hydrogen (secondary N) is 1. The van der Waals surface area contributed by atoms with Crippen molar-refractivity contribution < 1.29 is 18.7 Å². The van der Waals surface area contributed by atoms with E-state index in [1.807, 2.05) is 6.07 Å². The van der Waals surface area contributed by atoms with E-state index in [1.165, 1.54) is 30.6 Å². The number of alkyl halides is 1. The van der Waals surface area contributed by atoms with Gasteiger partial charge >= 0.3 is 0 Å². The molecule has 1 atom stereocenters. The van der Waals surface area contributed by atoms with E-state index >= 15 is 4.39 Å². The SMILES string of the molecule is COc1cc(Br)ccc1-c1csc2c1C(=O)C(F)(c1ccccc1)C(=O)N2. The van der Waals surface area contributed by atoms with Crippen molar-refractivity contribution in [3.05, 3.63) is 69.5 Å². The van der Waals surface area contributed by atoms with Gasteiger partial charge in [-0.1, -0.05) is 46.3 Å². The number of carbonyl (C=O) groups excluding carboxylic acids is 2. The molecule has 0 radical (unpaired) electrons. The van der Waals surface area contributed by atoms with Crippen LogP contribution >= 0.6 is 27.3 Å². The third-order valence-electron chi connectivity index (χ3n) is 4.50. The number of ether oxygens (including phenoxy) is 1. The van der Waals surface area contributed by atoms with Crippen LogP contribution in [-0.4, -0.2) is 18.8 Å². The monoisotopic (exact) mass is 445 g/mol. The van der Waals surface area contributed by atoms with Crippen LogP contribution in [0.3, 0.4) is 0 Å². The first kappa shape index (κ1) is 17.9. The maximum atomic E-state index is 15.8. The molecular formula is C20H13BrFNO3S. The Kier molecular flexibility index (Phi) is 4.36. The molecule has 3 aromatic rings. The summed E-state index contributed by atoms with van der Waals surface area (Å²) in [5.74, 6) is -1.30. The summed E-state index contributed by atoms with van der Waals surface area (Å²) in [6, 6.07) is 13.1. The lowest BCUT2D eigenvalue weighted by Crippen LogP contribution is -2.47. The summed E-state index contributed by atoms with van der Waals surface area (Å²) < 4.78 is 22.0. The number of benzene rings is 2. The summed E-state index contributed by atoms with van der Waals surface area (Å²) in [5, 5.41) is 4.62. The molecule has 1 amide bonds. The summed E-state index contributed by atoms with van der Waals surface area (Å²) in [6.45, 7) is 0. The predicted molar refractivity (Wildman–Crippen MR) is 106 cm³/mol. The molecule has 1 aliphatic rings. The first-order valence-electron chi connectivity index (χ1n) is 8.03. The van der Waals surface area contributed by atoms with Gasteiger partial charge in [0.1, 0.15) is 10.8 Å². The van der Waals surface area contributed by atoms with Crippen molar-refractivity contribution in [3.8, 4) is 16.9 Å². The maximum Gasteiger partial charge on any atom is 0.275 e. The summed E-state index contributed by atoms with van der Waals surface area (Å²) in [6.07, 6.45) is 0. The first-order chi connectivity index (χ1) is 13.0. The van der Waals surface area contributed by atoms with Crippen molar-refractivity contribution in [3.63, 3.8) is 0 Å². The van der Waals surface area contributed by atoms with Gasteiger partial charge in [0, 0.05) is 26.5 Å². The maximum absolute atomic E-state index is 15.8. The average molecular weight is 446 g/mol. The number of hydrogen-bond donors (Lipinski definition) is 1. The van der Waals surface area contributed by atoms with Crippen molar-refractivity contribution in [2.45, 2.75) is 5.67 Å². The molecule has 0 saturated heterocycles. The zero-order chi connectivity index (χ0) is 19.2. The van der Waals surface area contributed by atoms with Gasteiger partial charge in [-0.05, 0) is 18.2 Å². The van der Waals surface area contributed by atoms with Crippen LogP contribution in [0.1, 0.15) is 15.9 Å². The minimum atomic E-state index is -2.77. The van der Waals surface area contributed by atoms with Crippen molar-refractivity contribution in [1.82, 2.24) is 0 Å². The van der Waals surface area contributed by atoms with Crippen molar-refractivity contribution in [1.29, 1.82) is 0 Å². The van der Waals surface area contributed by atoms with Gasteiger partial charge in [0.05, 0.1) is 12.7 Å². The Labute approximate surface area is 167 Å².